The van der Waals surface area contributed by atoms with E-state index in [-0.39, 0.29) is 18.1 Å². The highest BCUT2D eigenvalue weighted by Crippen LogP contribution is 2.31. The molecule has 0 fully saturated rings. The first-order chi connectivity index (χ1) is 21.8. The molecule has 5 aromatic rings. The molecule has 0 saturated heterocycles. The molecule has 0 unspecified atom stereocenters. The smallest absolute Gasteiger partial charge is 0.442 e. The molecule has 2 aromatic heterocycles. The van der Waals surface area contributed by atoms with Crippen LogP contribution in [0.25, 0.3) is 16.8 Å². The molecule has 0 aliphatic heterocycles. The second-order valence-corrected chi connectivity index (χ2v) is 13.7. The lowest BCUT2D eigenvalue weighted by Crippen LogP contribution is -2.22. The van der Waals surface area contributed by atoms with E-state index in [0.29, 0.717) is 33.6 Å². The molecular weight excluding hydrogens is 611 g/mol. The van der Waals surface area contributed by atoms with E-state index >= 15 is 0 Å². The number of carbonyl (C=O) groups is 2. The van der Waals surface area contributed by atoms with Crippen LogP contribution in [0, 0.1) is 5.82 Å². The third-order valence-electron chi connectivity index (χ3n) is 6.61. The zero-order valence-corrected chi connectivity index (χ0v) is 26.7. The quantitative estimate of drug-likeness (QED) is 0.187. The summed E-state index contributed by atoms with van der Waals surface area (Å²) in [5.74, 6) is 0.116. The first kappa shape index (κ1) is 32.1. The van der Waals surface area contributed by atoms with Crippen LogP contribution in [-0.2, 0) is 25.7 Å². The van der Waals surface area contributed by atoms with Gasteiger partial charge in [-0.1, -0.05) is 24.3 Å². The third kappa shape index (κ3) is 8.04. The summed E-state index contributed by atoms with van der Waals surface area (Å²) < 4.78 is 42.5. The van der Waals surface area contributed by atoms with Crippen molar-refractivity contribution in [1.29, 1.82) is 0 Å². The minimum Gasteiger partial charge on any atom is -0.495 e. The largest absolute Gasteiger partial charge is 0.495 e. The minimum absolute atomic E-state index is 0.139. The number of carbonyl (C=O) groups excluding carboxylic acids is 2. The van der Waals surface area contributed by atoms with Crippen molar-refractivity contribution in [2.75, 3.05) is 24.0 Å². The van der Waals surface area contributed by atoms with E-state index in [9.17, 15) is 18.2 Å². The fourth-order valence-corrected chi connectivity index (χ4v) is 5.53. The van der Waals surface area contributed by atoms with Crippen LogP contribution in [0.4, 0.5) is 26.5 Å². The molecule has 3 aromatic carbocycles. The Labute approximate surface area is 266 Å². The molecule has 0 spiro atoms. The molecule has 11 nitrogen and oxygen atoms in total. The van der Waals surface area contributed by atoms with Gasteiger partial charge in [-0.2, -0.15) is 4.98 Å². The van der Waals surface area contributed by atoms with Crippen molar-refractivity contribution in [3.05, 3.63) is 96.4 Å². The number of pyridine rings is 1. The number of ether oxygens (including phenoxy) is 2. The number of methoxy groups -OCH3 is 1. The number of nitrogens with zero attached hydrogens (tertiary/aromatic N) is 4. The molecule has 5 rings (SSSR count). The lowest BCUT2D eigenvalue weighted by molar-refractivity contribution is -0.115. The Morgan fingerprint density at radius 2 is 1.67 bits per heavy atom. The fraction of sp³-hybridized carbons (Fsp3) is 0.212. The molecule has 46 heavy (non-hydrogen) atoms. The highest BCUT2D eigenvalue weighted by Gasteiger charge is 2.19. The Kier molecular flexibility index (Phi) is 9.05. The van der Waals surface area contributed by atoms with Gasteiger partial charge >= 0.3 is 6.09 Å². The number of anilines is 3. The standard InChI is InChI=1S/C33H33FN6O5S/c1-33(2,3)45-32(42)39-46(5,43)26-15-16-27(28(19-26)44-4)36-31-37-29-17-10-23(20-40(29)38-31)22-8-13-25(14-9-22)35-30(41)18-21-6-11-24(34)12-7-21/h6-17,19-20H,18H2,1-5H3,(H,35,41)(H,36,38)/t46-/m1/s1. The van der Waals surface area contributed by atoms with Gasteiger partial charge in [0.05, 0.1) is 33.8 Å². The van der Waals surface area contributed by atoms with Gasteiger partial charge in [0.25, 0.3) is 0 Å². The van der Waals surface area contributed by atoms with Gasteiger partial charge in [0.2, 0.25) is 11.9 Å². The topological polar surface area (TPSA) is 136 Å². The van der Waals surface area contributed by atoms with Gasteiger partial charge in [0.15, 0.2) is 5.65 Å². The summed E-state index contributed by atoms with van der Waals surface area (Å²) in [6, 6.07) is 21.7. The van der Waals surface area contributed by atoms with E-state index in [4.69, 9.17) is 9.47 Å². The van der Waals surface area contributed by atoms with E-state index in [1.807, 2.05) is 42.6 Å². The number of nitrogens with one attached hydrogen (secondary N) is 2. The fourth-order valence-electron chi connectivity index (χ4n) is 4.45. The number of halogens is 1. The lowest BCUT2D eigenvalue weighted by Gasteiger charge is -2.17. The maximum Gasteiger partial charge on any atom is 0.442 e. The van der Waals surface area contributed by atoms with Gasteiger partial charge in [-0.05, 0) is 86.5 Å². The number of amides is 2. The van der Waals surface area contributed by atoms with E-state index in [1.54, 1.807) is 55.6 Å². The van der Waals surface area contributed by atoms with Crippen LogP contribution in [0.15, 0.2) is 94.3 Å². The minimum atomic E-state index is -3.10. The van der Waals surface area contributed by atoms with Crippen LogP contribution in [0.2, 0.25) is 0 Å². The summed E-state index contributed by atoms with van der Waals surface area (Å²) in [6.07, 6.45) is 2.43. The molecule has 0 bridgehead atoms. The summed E-state index contributed by atoms with van der Waals surface area (Å²) >= 11 is 0. The van der Waals surface area contributed by atoms with E-state index < -0.39 is 21.4 Å². The van der Waals surface area contributed by atoms with Crippen LogP contribution in [0.1, 0.15) is 26.3 Å². The van der Waals surface area contributed by atoms with Crippen LogP contribution in [0.5, 0.6) is 5.75 Å². The summed E-state index contributed by atoms with van der Waals surface area (Å²) in [5.41, 5.74) is 3.50. The summed E-state index contributed by atoms with van der Waals surface area (Å²) in [5, 5.41) is 10.5. The molecule has 0 radical (unpaired) electrons. The Hall–Kier alpha value is -5.30. The van der Waals surface area contributed by atoms with Gasteiger partial charge < -0.3 is 20.1 Å². The molecule has 13 heteroatoms. The van der Waals surface area contributed by atoms with E-state index in [2.05, 4.69) is 25.1 Å². The van der Waals surface area contributed by atoms with Gasteiger partial charge in [0.1, 0.15) is 17.2 Å². The molecular formula is C33H33FN6O5S. The lowest BCUT2D eigenvalue weighted by atomic mass is 10.1. The van der Waals surface area contributed by atoms with Crippen molar-refractivity contribution in [1.82, 2.24) is 14.6 Å². The van der Waals surface area contributed by atoms with Gasteiger partial charge in [0, 0.05) is 23.7 Å². The van der Waals surface area contributed by atoms with Crippen LogP contribution in [0.3, 0.4) is 0 Å². The van der Waals surface area contributed by atoms with E-state index in [1.165, 1.54) is 25.5 Å². The number of aromatic nitrogens is 3. The Morgan fingerprint density at radius 3 is 2.35 bits per heavy atom. The average molecular weight is 645 g/mol. The van der Waals surface area contributed by atoms with Crippen molar-refractivity contribution in [2.24, 2.45) is 4.36 Å². The Morgan fingerprint density at radius 1 is 0.978 bits per heavy atom. The van der Waals surface area contributed by atoms with Gasteiger partial charge in [-0.3, -0.25) is 4.79 Å². The first-order valence-corrected chi connectivity index (χ1v) is 16.1. The van der Waals surface area contributed by atoms with Crippen LogP contribution < -0.4 is 15.4 Å². The predicted octanol–water partition coefficient (Wildman–Crippen LogP) is 6.86. The van der Waals surface area contributed by atoms with Gasteiger partial charge in [-0.15, -0.1) is 9.46 Å². The summed E-state index contributed by atoms with van der Waals surface area (Å²) in [7, 11) is -1.63. The highest BCUT2D eigenvalue weighted by atomic mass is 32.2. The number of hydrogen-bond acceptors (Lipinski definition) is 8. The number of benzene rings is 3. The van der Waals surface area contributed by atoms with Crippen LogP contribution >= 0.6 is 0 Å². The highest BCUT2D eigenvalue weighted by molar-refractivity contribution is 7.93. The molecule has 238 valence electrons. The second kappa shape index (κ2) is 13.0. The Bertz CT molecular complexity index is 2030. The average Bonchev–Trinajstić information content (AvgIpc) is 3.39. The normalized spacial score (nSPS) is 12.7. The van der Waals surface area contributed by atoms with Crippen molar-refractivity contribution in [2.45, 2.75) is 37.7 Å². The number of fused-ring (bicyclic) bond motifs is 1. The molecule has 0 aliphatic rings. The number of hydrogen-bond donors (Lipinski definition) is 2. The predicted molar refractivity (Wildman–Crippen MR) is 174 cm³/mol. The van der Waals surface area contributed by atoms with Gasteiger partial charge in [-0.25, -0.2) is 17.9 Å². The zero-order valence-electron chi connectivity index (χ0n) is 25.9. The zero-order chi connectivity index (χ0) is 33.1. The second-order valence-electron chi connectivity index (χ2n) is 11.4. The van der Waals surface area contributed by atoms with E-state index in [0.717, 1.165) is 16.7 Å². The van der Waals surface area contributed by atoms with Crippen molar-refractivity contribution < 1.29 is 27.7 Å². The monoisotopic (exact) mass is 644 g/mol. The van der Waals surface area contributed by atoms with Crippen molar-refractivity contribution in [3.8, 4) is 16.9 Å². The molecule has 2 heterocycles. The molecule has 1 atom stereocenters. The third-order valence-corrected chi connectivity index (χ3v) is 8.24. The summed E-state index contributed by atoms with van der Waals surface area (Å²) in [4.78, 5) is 29.4. The first-order valence-electron chi connectivity index (χ1n) is 14.2. The summed E-state index contributed by atoms with van der Waals surface area (Å²) in [6.45, 7) is 5.11. The van der Waals surface area contributed by atoms with Crippen molar-refractivity contribution in [3.63, 3.8) is 0 Å². The number of rotatable bonds is 8. The van der Waals surface area contributed by atoms with Crippen molar-refractivity contribution >= 4 is 44.7 Å². The molecule has 0 aliphatic carbocycles. The molecule has 0 saturated carbocycles. The SMILES string of the molecule is COc1cc([S@@](C)(=O)=NC(=O)OC(C)(C)C)ccc1Nc1nc2ccc(-c3ccc(NC(=O)Cc4ccc(F)cc4)cc3)cn2n1. The maximum absolute atomic E-state index is 13.2. The maximum atomic E-state index is 13.2. The Balaban J connectivity index is 1.28. The molecule has 2 N–H and O–H groups in total. The molecule has 2 amide bonds. The van der Waals surface area contributed by atoms with Crippen LogP contribution in [-0.4, -0.2) is 49.8 Å².